The van der Waals surface area contributed by atoms with Crippen LogP contribution in [0.1, 0.15) is 12.0 Å². The van der Waals surface area contributed by atoms with Crippen molar-refractivity contribution in [1.82, 2.24) is 29.7 Å². The van der Waals surface area contributed by atoms with E-state index in [1.54, 1.807) is 31.7 Å². The molecule has 4 aromatic rings. The Hall–Kier alpha value is -4.41. The van der Waals surface area contributed by atoms with Crippen LogP contribution in [0.5, 0.6) is 0 Å². The lowest BCUT2D eigenvalue weighted by atomic mass is 10.0. The predicted molar refractivity (Wildman–Crippen MR) is 137 cm³/mol. The van der Waals surface area contributed by atoms with E-state index in [0.717, 1.165) is 29.5 Å². The molecular weight excluding hydrogens is 458 g/mol. The number of nitrogens with one attached hydrogen (secondary N) is 1. The largest absolute Gasteiger partial charge is 0.383 e. The fourth-order valence-electron chi connectivity index (χ4n) is 4.99. The van der Waals surface area contributed by atoms with E-state index >= 15 is 0 Å². The SMILES string of the molecule is Cc1c(-c2cc3cc(NC(=O)[C@H]4C[C@@H]4C4C=NN(C)C4)ncc3c(N)n2)cnc2c(=O)n(C)ncc12. The first kappa shape index (κ1) is 22.1. The van der Waals surface area contributed by atoms with Gasteiger partial charge < -0.3 is 11.1 Å². The van der Waals surface area contributed by atoms with E-state index in [2.05, 4.69) is 30.5 Å². The van der Waals surface area contributed by atoms with Crippen LogP contribution < -0.4 is 16.6 Å². The Labute approximate surface area is 206 Å². The van der Waals surface area contributed by atoms with Crippen LogP contribution in [-0.4, -0.2) is 55.5 Å². The second-order valence-corrected chi connectivity index (χ2v) is 9.58. The third-order valence-corrected chi connectivity index (χ3v) is 7.17. The van der Waals surface area contributed by atoms with Crippen LogP contribution in [0.4, 0.5) is 11.6 Å². The fourth-order valence-corrected chi connectivity index (χ4v) is 4.99. The number of hydrogen-bond acceptors (Lipinski definition) is 9. The number of nitrogens with zero attached hydrogens (tertiary/aromatic N) is 7. The van der Waals surface area contributed by atoms with Gasteiger partial charge in [-0.3, -0.25) is 14.6 Å². The van der Waals surface area contributed by atoms with Gasteiger partial charge in [0.1, 0.15) is 17.2 Å². The van der Waals surface area contributed by atoms with Gasteiger partial charge in [0.15, 0.2) is 0 Å². The molecule has 5 heterocycles. The lowest BCUT2D eigenvalue weighted by molar-refractivity contribution is -0.117. The second kappa shape index (κ2) is 8.08. The van der Waals surface area contributed by atoms with E-state index < -0.39 is 0 Å². The Morgan fingerprint density at radius 2 is 1.97 bits per heavy atom. The zero-order chi connectivity index (χ0) is 25.1. The molecule has 3 atom stereocenters. The molecule has 11 nitrogen and oxygen atoms in total. The minimum Gasteiger partial charge on any atom is -0.383 e. The summed E-state index contributed by atoms with van der Waals surface area (Å²) in [6, 6.07) is 3.69. The summed E-state index contributed by atoms with van der Waals surface area (Å²) in [5.74, 6) is 1.37. The minimum atomic E-state index is -0.260. The number of nitrogens with two attached hydrogens (primary N) is 1. The van der Waals surface area contributed by atoms with Gasteiger partial charge in [0.05, 0.1) is 11.9 Å². The van der Waals surface area contributed by atoms with Gasteiger partial charge >= 0.3 is 0 Å². The van der Waals surface area contributed by atoms with Gasteiger partial charge in [0.2, 0.25) is 5.91 Å². The molecule has 1 fully saturated rings. The maximum absolute atomic E-state index is 12.8. The quantitative estimate of drug-likeness (QED) is 0.448. The van der Waals surface area contributed by atoms with Crippen molar-refractivity contribution in [3.8, 4) is 11.3 Å². The topological polar surface area (TPSA) is 144 Å². The van der Waals surface area contributed by atoms with E-state index in [-0.39, 0.29) is 17.4 Å². The van der Waals surface area contributed by atoms with Gasteiger partial charge in [-0.25, -0.2) is 19.6 Å². The van der Waals surface area contributed by atoms with Crippen molar-refractivity contribution in [3.05, 3.63) is 46.6 Å². The van der Waals surface area contributed by atoms with Crippen LogP contribution in [0.15, 0.2) is 40.6 Å². The molecule has 1 aliphatic carbocycles. The molecule has 0 aromatic carbocycles. The standard InChI is InChI=1S/C25H25N9O2/c1-12-17(8-28-22-18(12)10-30-34(3)25(22)36)20-4-13-5-21(27-9-19(13)23(26)31-20)32-24(35)16-6-15(16)14-7-29-33(2)11-14/h4-5,7-10,14-16H,6,11H2,1-3H3,(H2,26,31)(H,27,32,35)/t14?,15-,16+/m1/s1. The predicted octanol–water partition coefficient (Wildman–Crippen LogP) is 1.95. The van der Waals surface area contributed by atoms with Gasteiger partial charge in [-0.2, -0.15) is 10.2 Å². The zero-order valence-corrected chi connectivity index (χ0v) is 20.1. The number of rotatable bonds is 4. The number of aromatic nitrogens is 5. The zero-order valence-electron chi connectivity index (χ0n) is 20.1. The highest BCUT2D eigenvalue weighted by atomic mass is 16.2. The van der Waals surface area contributed by atoms with Crippen molar-refractivity contribution in [2.24, 2.45) is 29.9 Å². The van der Waals surface area contributed by atoms with Crippen LogP contribution in [0.25, 0.3) is 32.9 Å². The Morgan fingerprint density at radius 1 is 1.14 bits per heavy atom. The summed E-state index contributed by atoms with van der Waals surface area (Å²) in [6.07, 6.45) is 7.69. The number of pyridine rings is 3. The molecule has 182 valence electrons. The summed E-state index contributed by atoms with van der Waals surface area (Å²) >= 11 is 0. The number of amides is 1. The van der Waals surface area contributed by atoms with Gasteiger partial charge in [0, 0.05) is 67.4 Å². The minimum absolute atomic E-state index is 0.0271. The number of carbonyl (C=O) groups excluding carboxylic acids is 1. The second-order valence-electron chi connectivity index (χ2n) is 9.58. The first-order valence-corrected chi connectivity index (χ1v) is 11.7. The molecule has 1 saturated carbocycles. The Bertz CT molecular complexity index is 1640. The lowest BCUT2D eigenvalue weighted by Gasteiger charge is -2.12. The van der Waals surface area contributed by atoms with Crippen molar-refractivity contribution >= 4 is 45.4 Å². The van der Waals surface area contributed by atoms with Crippen molar-refractivity contribution in [2.75, 3.05) is 24.6 Å². The smallest absolute Gasteiger partial charge is 0.292 e. The lowest BCUT2D eigenvalue weighted by Crippen LogP contribution is -2.20. The van der Waals surface area contributed by atoms with E-state index in [1.165, 1.54) is 4.68 Å². The monoisotopic (exact) mass is 483 g/mol. The number of carbonyl (C=O) groups is 1. The van der Waals surface area contributed by atoms with Crippen LogP contribution in [0, 0.1) is 24.7 Å². The average molecular weight is 484 g/mol. The Morgan fingerprint density at radius 3 is 2.75 bits per heavy atom. The number of anilines is 2. The van der Waals surface area contributed by atoms with Crippen LogP contribution in [0.3, 0.4) is 0 Å². The van der Waals surface area contributed by atoms with Crippen LogP contribution in [0.2, 0.25) is 0 Å². The van der Waals surface area contributed by atoms with E-state index in [0.29, 0.717) is 45.5 Å². The van der Waals surface area contributed by atoms with Crippen LogP contribution >= 0.6 is 0 Å². The molecule has 36 heavy (non-hydrogen) atoms. The molecule has 6 rings (SSSR count). The summed E-state index contributed by atoms with van der Waals surface area (Å²) in [5.41, 5.74) is 8.56. The third-order valence-electron chi connectivity index (χ3n) is 7.17. The molecule has 3 N–H and O–H groups in total. The number of hydrazone groups is 1. The Balaban J connectivity index is 1.30. The highest BCUT2D eigenvalue weighted by Gasteiger charge is 2.48. The van der Waals surface area contributed by atoms with Crippen molar-refractivity contribution < 1.29 is 4.79 Å². The average Bonchev–Trinajstić information content (AvgIpc) is 3.54. The molecule has 4 aromatic heterocycles. The van der Waals surface area contributed by atoms with Crippen molar-refractivity contribution in [3.63, 3.8) is 0 Å². The molecule has 2 aliphatic rings. The molecule has 1 amide bonds. The number of aryl methyl sites for hydroxylation is 2. The normalized spacial score (nSPS) is 20.9. The summed E-state index contributed by atoms with van der Waals surface area (Å²) in [6.45, 7) is 2.75. The van der Waals surface area contributed by atoms with Gasteiger partial charge in [-0.1, -0.05) is 0 Å². The molecular formula is C25H25N9O2. The maximum Gasteiger partial charge on any atom is 0.292 e. The number of hydrogen-bond donors (Lipinski definition) is 2. The first-order valence-electron chi connectivity index (χ1n) is 11.7. The van der Waals surface area contributed by atoms with Crippen molar-refractivity contribution in [2.45, 2.75) is 13.3 Å². The van der Waals surface area contributed by atoms with Gasteiger partial charge in [-0.05, 0) is 42.3 Å². The third kappa shape index (κ3) is 3.63. The van der Waals surface area contributed by atoms with E-state index in [1.807, 2.05) is 31.3 Å². The highest BCUT2D eigenvalue weighted by molar-refractivity contribution is 5.99. The van der Waals surface area contributed by atoms with E-state index in [4.69, 9.17) is 5.73 Å². The first-order chi connectivity index (χ1) is 17.3. The van der Waals surface area contributed by atoms with Crippen LogP contribution in [-0.2, 0) is 11.8 Å². The summed E-state index contributed by atoms with van der Waals surface area (Å²) in [4.78, 5) is 38.6. The molecule has 11 heteroatoms. The maximum atomic E-state index is 12.8. The molecule has 1 aliphatic heterocycles. The highest BCUT2D eigenvalue weighted by Crippen LogP contribution is 2.45. The molecule has 0 bridgehead atoms. The summed E-state index contributed by atoms with van der Waals surface area (Å²) < 4.78 is 1.26. The number of fused-ring (bicyclic) bond motifs is 2. The Kier molecular flexibility index (Phi) is 4.95. The molecule has 0 spiro atoms. The van der Waals surface area contributed by atoms with Gasteiger partial charge in [-0.15, -0.1) is 0 Å². The van der Waals surface area contributed by atoms with E-state index in [9.17, 15) is 9.59 Å². The summed E-state index contributed by atoms with van der Waals surface area (Å²) in [7, 11) is 3.53. The fraction of sp³-hybridized carbons (Fsp3) is 0.320. The summed E-state index contributed by atoms with van der Waals surface area (Å²) in [5, 5.41) is 15.4. The molecule has 1 unspecified atom stereocenters. The van der Waals surface area contributed by atoms with Crippen molar-refractivity contribution in [1.29, 1.82) is 0 Å². The molecule has 0 radical (unpaired) electrons. The number of nitrogen functional groups attached to an aromatic ring is 1. The van der Waals surface area contributed by atoms with Gasteiger partial charge in [0.25, 0.3) is 5.56 Å². The molecule has 0 saturated heterocycles.